The fraction of sp³-hybridized carbons (Fsp3) is 0.400. The number of fused-ring (bicyclic) bond motifs is 1. The normalized spacial score (nSPS) is 14.8. The van der Waals surface area contributed by atoms with Gasteiger partial charge in [0.2, 0.25) is 5.91 Å². The van der Waals surface area contributed by atoms with Gasteiger partial charge in [0.25, 0.3) is 11.8 Å². The molecule has 0 saturated heterocycles. The van der Waals surface area contributed by atoms with Gasteiger partial charge in [-0.15, -0.1) is 0 Å². The maximum atomic E-state index is 14.6. The number of hydrogen-bond acceptors (Lipinski definition) is 7. The fourth-order valence-electron chi connectivity index (χ4n) is 6.55. The Morgan fingerprint density at radius 3 is 2.28 bits per heavy atom. The predicted octanol–water partition coefficient (Wildman–Crippen LogP) is 6.63. The zero-order valence-corrected chi connectivity index (χ0v) is 32.3. The molecule has 0 aliphatic carbocycles. The Morgan fingerprint density at radius 2 is 1.64 bits per heavy atom. The van der Waals surface area contributed by atoms with Crippen LogP contribution in [0.25, 0.3) is 5.69 Å². The van der Waals surface area contributed by atoms with Gasteiger partial charge < -0.3 is 20.2 Å². The summed E-state index contributed by atoms with van der Waals surface area (Å²) in [5, 5.41) is 17.3. The number of anilines is 1. The molecule has 282 valence electrons. The van der Waals surface area contributed by atoms with Crippen molar-refractivity contribution in [3.63, 3.8) is 0 Å². The molecule has 0 saturated carbocycles. The second kappa shape index (κ2) is 17.5. The van der Waals surface area contributed by atoms with E-state index in [1.807, 2.05) is 36.1 Å². The number of aryl methyl sites for hydroxylation is 1. The van der Waals surface area contributed by atoms with Gasteiger partial charge in [0.1, 0.15) is 0 Å². The Bertz CT molecular complexity index is 2040. The van der Waals surface area contributed by atoms with Gasteiger partial charge in [0, 0.05) is 42.5 Å². The SMILES string of the molecule is CCCCN(CCCC)C(=O)c1cc(C)n(-c2ccc(NC(=O)CC(C)S(=O)(=O)c3ccc(Cl)cc3)cc2C(=O)N2Cc3ccccc3C[C@H]2CO)n1. The summed E-state index contributed by atoms with van der Waals surface area (Å²) in [6, 6.07) is 19.6. The number of halogens is 1. The molecule has 1 unspecified atom stereocenters. The van der Waals surface area contributed by atoms with Gasteiger partial charge in [-0.25, -0.2) is 13.1 Å². The number of carbonyl (C=O) groups is 3. The van der Waals surface area contributed by atoms with Crippen molar-refractivity contribution in [2.24, 2.45) is 0 Å². The van der Waals surface area contributed by atoms with Crippen LogP contribution in [0, 0.1) is 6.92 Å². The van der Waals surface area contributed by atoms with E-state index in [2.05, 4.69) is 19.2 Å². The molecular formula is C40H48ClN5O6S. The Labute approximate surface area is 316 Å². The van der Waals surface area contributed by atoms with Crippen molar-refractivity contribution in [3.05, 3.63) is 106 Å². The van der Waals surface area contributed by atoms with Crippen LogP contribution in [-0.4, -0.2) is 81.8 Å². The molecule has 0 radical (unpaired) electrons. The Kier molecular flexibility index (Phi) is 13.1. The number of sulfone groups is 1. The molecule has 53 heavy (non-hydrogen) atoms. The molecule has 3 amide bonds. The molecule has 1 aromatic heterocycles. The summed E-state index contributed by atoms with van der Waals surface area (Å²) < 4.78 is 28.0. The van der Waals surface area contributed by atoms with Crippen LogP contribution in [0.4, 0.5) is 5.69 Å². The number of rotatable bonds is 15. The van der Waals surface area contributed by atoms with Crippen molar-refractivity contribution in [2.45, 2.75) is 89.0 Å². The van der Waals surface area contributed by atoms with Gasteiger partial charge in [-0.1, -0.05) is 62.6 Å². The molecule has 2 atom stereocenters. The molecule has 0 spiro atoms. The van der Waals surface area contributed by atoms with Crippen molar-refractivity contribution in [1.29, 1.82) is 0 Å². The smallest absolute Gasteiger partial charge is 0.274 e. The maximum absolute atomic E-state index is 14.6. The Morgan fingerprint density at radius 1 is 0.981 bits per heavy atom. The molecule has 0 bridgehead atoms. The number of unbranched alkanes of at least 4 members (excludes halogenated alkanes) is 2. The van der Waals surface area contributed by atoms with E-state index in [1.165, 1.54) is 31.2 Å². The number of aromatic nitrogens is 2. The highest BCUT2D eigenvalue weighted by Crippen LogP contribution is 2.29. The van der Waals surface area contributed by atoms with Crippen LogP contribution in [0.1, 0.15) is 90.5 Å². The second-order valence-electron chi connectivity index (χ2n) is 13.6. The molecular weight excluding hydrogens is 714 g/mol. The first-order valence-corrected chi connectivity index (χ1v) is 20.1. The van der Waals surface area contributed by atoms with Crippen LogP contribution in [0.15, 0.2) is 77.7 Å². The summed E-state index contributed by atoms with van der Waals surface area (Å²) in [5.74, 6) is -1.12. The second-order valence-corrected chi connectivity index (χ2v) is 16.4. The fourth-order valence-corrected chi connectivity index (χ4v) is 8.03. The van der Waals surface area contributed by atoms with Crippen LogP contribution in [-0.2, 0) is 27.6 Å². The predicted molar refractivity (Wildman–Crippen MR) is 206 cm³/mol. The first kappa shape index (κ1) is 39.7. The van der Waals surface area contributed by atoms with Gasteiger partial charge in [-0.05, 0) is 92.8 Å². The van der Waals surface area contributed by atoms with E-state index in [0.717, 1.165) is 36.8 Å². The minimum atomic E-state index is -3.83. The highest BCUT2D eigenvalue weighted by molar-refractivity contribution is 7.92. The number of aliphatic hydroxyl groups is 1. The third kappa shape index (κ3) is 9.17. The molecule has 4 aromatic rings. The Balaban J connectivity index is 1.49. The first-order valence-electron chi connectivity index (χ1n) is 18.2. The average Bonchev–Trinajstić information content (AvgIpc) is 3.54. The summed E-state index contributed by atoms with van der Waals surface area (Å²) >= 11 is 5.94. The van der Waals surface area contributed by atoms with Gasteiger partial charge in [0.15, 0.2) is 15.5 Å². The monoisotopic (exact) mass is 761 g/mol. The summed E-state index contributed by atoms with van der Waals surface area (Å²) in [5.41, 5.74) is 3.79. The lowest BCUT2D eigenvalue weighted by atomic mass is 9.93. The van der Waals surface area contributed by atoms with Crippen molar-refractivity contribution < 1.29 is 27.9 Å². The third-order valence-corrected chi connectivity index (χ3v) is 12.1. The number of nitrogens with zero attached hydrogens (tertiary/aromatic N) is 4. The molecule has 11 nitrogen and oxygen atoms in total. The quantitative estimate of drug-likeness (QED) is 0.139. The van der Waals surface area contributed by atoms with Gasteiger partial charge >= 0.3 is 0 Å². The third-order valence-electron chi connectivity index (χ3n) is 9.67. The van der Waals surface area contributed by atoms with Crippen LogP contribution >= 0.6 is 11.6 Å². The van der Waals surface area contributed by atoms with Gasteiger partial charge in [-0.3, -0.25) is 14.4 Å². The van der Waals surface area contributed by atoms with Crippen molar-refractivity contribution in [3.8, 4) is 5.69 Å². The lowest BCUT2D eigenvalue weighted by molar-refractivity contribution is -0.116. The van der Waals surface area contributed by atoms with E-state index < -0.39 is 32.9 Å². The van der Waals surface area contributed by atoms with E-state index in [0.29, 0.717) is 35.9 Å². The largest absolute Gasteiger partial charge is 0.394 e. The molecule has 1 aliphatic rings. The first-order chi connectivity index (χ1) is 25.4. The standard InChI is InChI=1S/C40H48ClN5O6S/c1-5-7-19-44(20-8-6-2)40(50)36-21-27(3)46(43-36)37-18-15-32(42-38(48)22-28(4)53(51,52)34-16-13-31(41)14-17-34)24-35(37)39(49)45-25-30-12-10-9-11-29(30)23-33(45)26-47/h9-18,21,24,28,33,47H,5-8,19-20,22-23,25-26H2,1-4H3,(H,42,48)/t28?,33-/m0/s1. The molecule has 3 aromatic carbocycles. The maximum Gasteiger partial charge on any atom is 0.274 e. The molecule has 1 aliphatic heterocycles. The highest BCUT2D eigenvalue weighted by atomic mass is 35.5. The van der Waals surface area contributed by atoms with Crippen LogP contribution in [0.5, 0.6) is 0 Å². The van der Waals surface area contributed by atoms with E-state index in [4.69, 9.17) is 16.7 Å². The average molecular weight is 762 g/mol. The molecule has 13 heteroatoms. The summed E-state index contributed by atoms with van der Waals surface area (Å²) in [7, 11) is -3.83. The van der Waals surface area contributed by atoms with Crippen LogP contribution < -0.4 is 5.32 Å². The number of aliphatic hydroxyl groups excluding tert-OH is 1. The van der Waals surface area contributed by atoms with E-state index in [-0.39, 0.29) is 47.3 Å². The zero-order valence-electron chi connectivity index (χ0n) is 30.7. The lowest BCUT2D eigenvalue weighted by Gasteiger charge is -2.36. The van der Waals surface area contributed by atoms with Gasteiger partial charge in [-0.2, -0.15) is 5.10 Å². The highest BCUT2D eigenvalue weighted by Gasteiger charge is 2.33. The van der Waals surface area contributed by atoms with E-state index in [1.54, 1.807) is 33.8 Å². The van der Waals surface area contributed by atoms with Crippen molar-refractivity contribution in [2.75, 3.05) is 25.0 Å². The minimum Gasteiger partial charge on any atom is -0.394 e. The summed E-state index contributed by atoms with van der Waals surface area (Å²) in [6.07, 6.45) is 3.78. The zero-order chi connectivity index (χ0) is 38.3. The number of nitrogens with one attached hydrogen (secondary N) is 1. The number of carbonyl (C=O) groups excluding carboxylic acids is 3. The molecule has 5 rings (SSSR count). The van der Waals surface area contributed by atoms with Crippen molar-refractivity contribution >= 4 is 44.8 Å². The van der Waals surface area contributed by atoms with E-state index >= 15 is 0 Å². The van der Waals surface area contributed by atoms with Crippen LogP contribution in [0.3, 0.4) is 0 Å². The van der Waals surface area contributed by atoms with Crippen molar-refractivity contribution in [1.82, 2.24) is 19.6 Å². The number of hydrogen-bond donors (Lipinski definition) is 2. The number of amides is 3. The lowest BCUT2D eigenvalue weighted by Crippen LogP contribution is -2.46. The topological polar surface area (TPSA) is 142 Å². The minimum absolute atomic E-state index is 0.0623. The number of benzene rings is 3. The molecule has 0 fully saturated rings. The van der Waals surface area contributed by atoms with Gasteiger partial charge in [0.05, 0.1) is 34.0 Å². The molecule has 2 N–H and O–H groups in total. The van der Waals surface area contributed by atoms with E-state index in [9.17, 15) is 27.9 Å². The Hall–Kier alpha value is -4.52. The molecule has 2 heterocycles. The summed E-state index contributed by atoms with van der Waals surface area (Å²) in [4.78, 5) is 45.1. The van der Waals surface area contributed by atoms with Crippen LogP contribution in [0.2, 0.25) is 5.02 Å². The summed E-state index contributed by atoms with van der Waals surface area (Å²) in [6.45, 7) is 8.70.